The Morgan fingerprint density at radius 2 is 0.239 bits per heavy atom. The van der Waals surface area contributed by atoms with Gasteiger partial charge < -0.3 is 0 Å². The van der Waals surface area contributed by atoms with Crippen LogP contribution in [0.3, 0.4) is 0 Å². The van der Waals surface area contributed by atoms with Crippen LogP contribution in [0.2, 0.25) is 0 Å². The Bertz CT molecular complexity index is 4290. The highest BCUT2D eigenvalue weighted by Crippen LogP contribution is 2.51. The second-order valence-electron chi connectivity index (χ2n) is 23.1. The summed E-state index contributed by atoms with van der Waals surface area (Å²) in [6.45, 7) is 0. The van der Waals surface area contributed by atoms with Gasteiger partial charge in [-0.2, -0.15) is 0 Å². The third-order valence-electron chi connectivity index (χ3n) is 17.7. The number of rotatable bonds is 12. The lowest BCUT2D eigenvalue weighted by molar-refractivity contribution is 1.56. The van der Waals surface area contributed by atoms with Crippen molar-refractivity contribution in [3.63, 3.8) is 0 Å². The molecule has 0 saturated carbocycles. The van der Waals surface area contributed by atoms with Gasteiger partial charge in [-0.15, -0.1) is 0 Å². The van der Waals surface area contributed by atoms with Crippen LogP contribution in [0.4, 0.5) is 0 Å². The summed E-state index contributed by atoms with van der Waals surface area (Å²) in [6, 6.07) is 131. The molecule has 0 aliphatic rings. The average Bonchev–Trinajstić information content (AvgIpc) is 0.744. The molecule has 16 aromatic rings. The van der Waals surface area contributed by atoms with Crippen LogP contribution >= 0.6 is 0 Å². The Morgan fingerprint density at radius 3 is 0.386 bits per heavy atom. The quantitative estimate of drug-likeness (QED) is 0.107. The molecule has 0 heterocycles. The van der Waals surface area contributed by atoms with Gasteiger partial charge in [0.25, 0.3) is 0 Å². The summed E-state index contributed by atoms with van der Waals surface area (Å²) in [5.74, 6) is 0. The molecule has 0 nitrogen and oxygen atoms in total. The van der Waals surface area contributed by atoms with E-state index in [4.69, 9.17) is 0 Å². The van der Waals surface area contributed by atoms with E-state index in [1.807, 2.05) is 0 Å². The van der Waals surface area contributed by atoms with Gasteiger partial charge in [0.15, 0.2) is 0 Å². The first-order chi connectivity index (χ1) is 43.6. The second-order valence-corrected chi connectivity index (χ2v) is 23.1. The van der Waals surface area contributed by atoms with Crippen molar-refractivity contribution in [1.29, 1.82) is 0 Å². The summed E-state index contributed by atoms with van der Waals surface area (Å²) in [4.78, 5) is 0. The molecular formula is C88H58. The van der Waals surface area contributed by atoms with Crippen LogP contribution in [0, 0.1) is 0 Å². The predicted octanol–water partition coefficient (Wildman–Crippen LogP) is 24.6. The van der Waals surface area contributed by atoms with Crippen molar-refractivity contribution in [2.45, 2.75) is 0 Å². The van der Waals surface area contributed by atoms with Crippen LogP contribution in [0.1, 0.15) is 0 Å². The molecule has 0 aromatic heterocycles. The van der Waals surface area contributed by atoms with Crippen molar-refractivity contribution in [2.75, 3.05) is 0 Å². The molecule has 410 valence electrons. The molecule has 0 N–H and O–H groups in total. The maximum atomic E-state index is 2.51. The summed E-state index contributed by atoms with van der Waals surface area (Å²) in [5, 5.41) is 7.31. The van der Waals surface area contributed by atoms with Crippen molar-refractivity contribution in [3.8, 4) is 134 Å². The molecule has 16 rings (SSSR count). The fourth-order valence-electron chi connectivity index (χ4n) is 13.5. The van der Waals surface area contributed by atoms with Crippen LogP contribution in [-0.2, 0) is 0 Å². The van der Waals surface area contributed by atoms with Gasteiger partial charge in [0.2, 0.25) is 0 Å². The van der Waals surface area contributed by atoms with E-state index in [2.05, 4.69) is 352 Å². The molecule has 0 radical (unpaired) electrons. The first kappa shape index (κ1) is 52.1. The average molecular weight is 1120 g/mol. The van der Waals surface area contributed by atoms with Crippen LogP contribution in [0.5, 0.6) is 0 Å². The van der Waals surface area contributed by atoms with E-state index in [1.54, 1.807) is 0 Å². The molecule has 0 saturated heterocycles. The molecule has 16 aromatic carbocycles. The molecule has 0 amide bonds. The summed E-state index contributed by atoms with van der Waals surface area (Å²) in [6.07, 6.45) is 0. The fourth-order valence-corrected chi connectivity index (χ4v) is 13.5. The highest BCUT2D eigenvalue weighted by Gasteiger charge is 2.24. The molecule has 0 bridgehead atoms. The highest BCUT2D eigenvalue weighted by molar-refractivity contribution is 6.32. The standard InChI is InChI=1S/C88H58/c1-9-25-59(26-10-1)67-45-68(60-27-11-2-12-28-60)50-75(49-67)83-57-84(76-51-69(61-29-13-3-14-30-61)46-70(52-76)62-31-15-4-16-32-62)80-43-44-82-86(78-55-73(65-37-21-7-22-38-65)48-74(56-78)66-39-23-8-24-40-66)58-85(81-42-41-79(83)87(80)88(81)82)77-53-71(63-33-17-5-18-34-63)47-72(54-77)64-35-19-6-20-36-64/h1-58H. The van der Waals surface area contributed by atoms with Crippen molar-refractivity contribution in [1.82, 2.24) is 0 Å². The monoisotopic (exact) mass is 1110 g/mol. The molecular weight excluding hydrogens is 1060 g/mol. The van der Waals surface area contributed by atoms with Crippen molar-refractivity contribution in [3.05, 3.63) is 352 Å². The van der Waals surface area contributed by atoms with E-state index < -0.39 is 0 Å². The van der Waals surface area contributed by atoms with Crippen molar-refractivity contribution in [2.24, 2.45) is 0 Å². The van der Waals surface area contributed by atoms with E-state index in [9.17, 15) is 0 Å². The topological polar surface area (TPSA) is 0 Å². The molecule has 0 unspecified atom stereocenters. The minimum atomic E-state index is 1.16. The number of hydrogen-bond acceptors (Lipinski definition) is 0. The van der Waals surface area contributed by atoms with Gasteiger partial charge in [-0.1, -0.05) is 267 Å². The fraction of sp³-hybridized carbons (Fsp3) is 0. The van der Waals surface area contributed by atoms with Crippen LogP contribution < -0.4 is 0 Å². The summed E-state index contributed by atoms with van der Waals surface area (Å²) < 4.78 is 0. The first-order valence-corrected chi connectivity index (χ1v) is 30.4. The lowest BCUT2D eigenvalue weighted by Gasteiger charge is -2.23. The Balaban J connectivity index is 1.06. The van der Waals surface area contributed by atoms with Gasteiger partial charge >= 0.3 is 0 Å². The van der Waals surface area contributed by atoms with Gasteiger partial charge in [-0.25, -0.2) is 0 Å². The van der Waals surface area contributed by atoms with E-state index in [0.717, 1.165) is 22.3 Å². The molecule has 0 aliphatic carbocycles. The van der Waals surface area contributed by atoms with Crippen molar-refractivity contribution >= 4 is 32.3 Å². The van der Waals surface area contributed by atoms with Crippen molar-refractivity contribution < 1.29 is 0 Å². The van der Waals surface area contributed by atoms with E-state index in [-0.39, 0.29) is 0 Å². The largest absolute Gasteiger partial charge is 0.0622 e. The SMILES string of the molecule is c1ccc(-c2cc(-c3ccccc3)cc(-c3cc(-c4cc(-c5ccccc5)cc(-c5ccccc5)c4)c4ccc5c(-c6cc(-c7ccccc7)cc(-c7ccccc7)c6)cc(-c6cc(-c7ccccc7)cc(-c7ccccc7)c6)c6ccc3c4c65)c2)cc1. The van der Waals surface area contributed by atoms with E-state index >= 15 is 0 Å². The lowest BCUT2D eigenvalue weighted by Crippen LogP contribution is -1.96. The molecule has 0 aliphatic heterocycles. The molecule has 0 heteroatoms. The van der Waals surface area contributed by atoms with Gasteiger partial charge in [-0.3, -0.25) is 0 Å². The number of benzene rings is 16. The minimum Gasteiger partial charge on any atom is -0.0622 e. The first-order valence-electron chi connectivity index (χ1n) is 30.4. The summed E-state index contributed by atoms with van der Waals surface area (Å²) in [5.41, 5.74) is 28.2. The normalized spacial score (nSPS) is 11.4. The zero-order valence-corrected chi connectivity index (χ0v) is 48.5. The predicted molar refractivity (Wildman–Crippen MR) is 375 cm³/mol. The zero-order chi connectivity index (χ0) is 58.3. The van der Waals surface area contributed by atoms with Gasteiger partial charge in [0, 0.05) is 0 Å². The van der Waals surface area contributed by atoms with Crippen LogP contribution in [0.25, 0.3) is 166 Å². The maximum Gasteiger partial charge on any atom is -0.00139 e. The minimum absolute atomic E-state index is 1.16. The third kappa shape index (κ3) is 9.83. The Morgan fingerprint density at radius 1 is 0.102 bits per heavy atom. The number of hydrogen-bond donors (Lipinski definition) is 0. The van der Waals surface area contributed by atoms with Crippen LogP contribution in [0.15, 0.2) is 352 Å². The smallest absolute Gasteiger partial charge is 0.00139 e. The van der Waals surface area contributed by atoms with Gasteiger partial charge in [0.1, 0.15) is 0 Å². The zero-order valence-electron chi connectivity index (χ0n) is 48.5. The van der Waals surface area contributed by atoms with Gasteiger partial charge in [-0.05, 0) is 251 Å². The third-order valence-corrected chi connectivity index (χ3v) is 17.7. The Labute approximate surface area is 514 Å². The summed E-state index contributed by atoms with van der Waals surface area (Å²) in [7, 11) is 0. The maximum absolute atomic E-state index is 2.51. The highest BCUT2D eigenvalue weighted by atomic mass is 14.3. The molecule has 0 fully saturated rings. The molecule has 0 spiro atoms. The van der Waals surface area contributed by atoms with E-state index in [0.29, 0.717) is 0 Å². The van der Waals surface area contributed by atoms with E-state index in [1.165, 1.54) is 144 Å². The van der Waals surface area contributed by atoms with Gasteiger partial charge in [0.05, 0.1) is 0 Å². The lowest BCUT2D eigenvalue weighted by atomic mass is 9.80. The molecule has 88 heavy (non-hydrogen) atoms. The molecule has 0 atom stereocenters. The second kappa shape index (κ2) is 22.5. The Kier molecular flexibility index (Phi) is 13.3. The van der Waals surface area contributed by atoms with Crippen LogP contribution in [-0.4, -0.2) is 0 Å². The summed E-state index contributed by atoms with van der Waals surface area (Å²) >= 11 is 0. The Hall–Kier alpha value is -11.4.